The first-order valence-electron chi connectivity index (χ1n) is 9.66. The van der Waals surface area contributed by atoms with E-state index in [-0.39, 0.29) is 29.4 Å². The van der Waals surface area contributed by atoms with E-state index in [1.165, 1.54) is 25.3 Å². The van der Waals surface area contributed by atoms with E-state index in [9.17, 15) is 18.0 Å². The first-order chi connectivity index (χ1) is 14.7. The van der Waals surface area contributed by atoms with Gasteiger partial charge in [-0.3, -0.25) is 4.79 Å². The molecule has 31 heavy (non-hydrogen) atoms. The molecule has 3 N–H and O–H groups in total. The minimum Gasteiger partial charge on any atom is -0.368 e. The molecule has 0 unspecified atom stereocenters. The van der Waals surface area contributed by atoms with Gasteiger partial charge in [-0.15, -0.1) is 0 Å². The molecule has 0 bridgehead atoms. The van der Waals surface area contributed by atoms with Gasteiger partial charge in [0.15, 0.2) is 0 Å². The number of carbonyl (C=O) groups excluding carboxylic acids is 1. The highest BCUT2D eigenvalue weighted by molar-refractivity contribution is 6.06. The maximum atomic E-state index is 14.1. The van der Waals surface area contributed by atoms with Gasteiger partial charge in [-0.2, -0.15) is 13.2 Å². The first kappa shape index (κ1) is 20.6. The van der Waals surface area contributed by atoms with Crippen molar-refractivity contribution < 1.29 is 18.0 Å². The average molecular weight is 427 g/mol. The van der Waals surface area contributed by atoms with E-state index in [0.717, 1.165) is 5.69 Å². The summed E-state index contributed by atoms with van der Waals surface area (Å²) in [6.45, 7) is 1.89. The van der Waals surface area contributed by atoms with Crippen LogP contribution in [0.15, 0.2) is 48.7 Å². The van der Waals surface area contributed by atoms with Crippen molar-refractivity contribution in [2.75, 3.05) is 22.5 Å². The average Bonchev–Trinajstić information content (AvgIpc) is 2.74. The molecule has 3 aromatic rings. The molecule has 160 valence electrons. The molecule has 1 aliphatic rings. The molecule has 1 amide bonds. The number of benzene rings is 2. The quantitative estimate of drug-likeness (QED) is 0.655. The molecule has 0 radical (unpaired) electrons. The normalized spacial score (nSPS) is 13.6. The number of alkyl halides is 3. The van der Waals surface area contributed by atoms with E-state index in [2.05, 4.69) is 15.3 Å². The van der Waals surface area contributed by atoms with Crippen molar-refractivity contribution in [1.82, 2.24) is 9.97 Å². The van der Waals surface area contributed by atoms with Gasteiger partial charge in [-0.1, -0.05) is 24.3 Å². The van der Waals surface area contributed by atoms with Gasteiger partial charge in [-0.25, -0.2) is 9.97 Å². The molecule has 6 nitrogen and oxygen atoms in total. The number of amides is 1. The smallest absolute Gasteiger partial charge is 0.368 e. The summed E-state index contributed by atoms with van der Waals surface area (Å²) in [7, 11) is 0. The Balaban J connectivity index is 1.78. The van der Waals surface area contributed by atoms with E-state index in [0.29, 0.717) is 24.1 Å². The predicted octanol–water partition coefficient (Wildman–Crippen LogP) is 4.20. The number of anilines is 3. The van der Waals surface area contributed by atoms with Crippen LogP contribution in [0.4, 0.5) is 30.5 Å². The second-order valence-electron chi connectivity index (χ2n) is 7.34. The molecular formula is C22H20F3N5O. The third-order valence-electron chi connectivity index (χ3n) is 5.22. The molecule has 0 spiro atoms. The predicted molar refractivity (Wildman–Crippen MR) is 112 cm³/mol. The van der Waals surface area contributed by atoms with Gasteiger partial charge < -0.3 is 16.0 Å². The maximum Gasteiger partial charge on any atom is 0.418 e. The van der Waals surface area contributed by atoms with Crippen LogP contribution < -0.4 is 16.0 Å². The highest BCUT2D eigenvalue weighted by Crippen LogP contribution is 2.44. The number of rotatable bonds is 3. The summed E-state index contributed by atoms with van der Waals surface area (Å²) in [5.41, 5.74) is 6.78. The largest absolute Gasteiger partial charge is 0.418 e. The Morgan fingerprint density at radius 1 is 1.16 bits per heavy atom. The summed E-state index contributed by atoms with van der Waals surface area (Å²) in [5.74, 6) is -0.345. The molecule has 1 aliphatic heterocycles. The summed E-state index contributed by atoms with van der Waals surface area (Å²) in [6, 6.07) is 11.2. The SMILES string of the molecule is Cc1ccc(NC(=O)c2ccccc2)c(N2CCc3nc(N)ncc3C2)c1C(F)(F)F. The van der Waals surface area contributed by atoms with Crippen LogP contribution in [0.25, 0.3) is 0 Å². The van der Waals surface area contributed by atoms with Crippen LogP contribution in [-0.4, -0.2) is 22.4 Å². The van der Waals surface area contributed by atoms with E-state index in [1.807, 2.05) is 0 Å². The highest BCUT2D eigenvalue weighted by Gasteiger charge is 2.39. The van der Waals surface area contributed by atoms with E-state index >= 15 is 0 Å². The molecule has 0 saturated carbocycles. The number of fused-ring (bicyclic) bond motifs is 1. The number of carbonyl (C=O) groups is 1. The van der Waals surface area contributed by atoms with Crippen LogP contribution in [0, 0.1) is 6.92 Å². The van der Waals surface area contributed by atoms with Crippen molar-refractivity contribution in [3.63, 3.8) is 0 Å². The first-order valence-corrected chi connectivity index (χ1v) is 9.66. The van der Waals surface area contributed by atoms with E-state index in [1.54, 1.807) is 35.2 Å². The fourth-order valence-electron chi connectivity index (χ4n) is 3.79. The van der Waals surface area contributed by atoms with Gasteiger partial charge in [0, 0.05) is 36.8 Å². The second kappa shape index (κ2) is 7.90. The Kier molecular flexibility index (Phi) is 5.26. The summed E-state index contributed by atoms with van der Waals surface area (Å²) in [5, 5.41) is 2.67. The maximum absolute atomic E-state index is 14.1. The van der Waals surface area contributed by atoms with Crippen molar-refractivity contribution in [1.29, 1.82) is 0 Å². The third kappa shape index (κ3) is 4.16. The van der Waals surface area contributed by atoms with Crippen LogP contribution in [0.2, 0.25) is 0 Å². The zero-order chi connectivity index (χ0) is 22.2. The number of hydrogen-bond donors (Lipinski definition) is 2. The lowest BCUT2D eigenvalue weighted by Crippen LogP contribution is -2.34. The van der Waals surface area contributed by atoms with Crippen molar-refractivity contribution in [3.05, 3.63) is 76.6 Å². The third-order valence-corrected chi connectivity index (χ3v) is 5.22. The lowest BCUT2D eigenvalue weighted by atomic mass is 9.99. The van der Waals surface area contributed by atoms with Crippen LogP contribution in [0.3, 0.4) is 0 Å². The van der Waals surface area contributed by atoms with Gasteiger partial charge in [0.05, 0.1) is 22.6 Å². The fraction of sp³-hybridized carbons (Fsp3) is 0.227. The Bertz CT molecular complexity index is 1130. The van der Waals surface area contributed by atoms with Crippen LogP contribution in [0.5, 0.6) is 0 Å². The Morgan fingerprint density at radius 3 is 2.61 bits per heavy atom. The van der Waals surface area contributed by atoms with Crippen molar-refractivity contribution in [2.24, 2.45) is 0 Å². The summed E-state index contributed by atoms with van der Waals surface area (Å²) < 4.78 is 42.2. The highest BCUT2D eigenvalue weighted by atomic mass is 19.4. The van der Waals surface area contributed by atoms with Crippen molar-refractivity contribution in [2.45, 2.75) is 26.1 Å². The molecule has 4 rings (SSSR count). The number of aromatic nitrogens is 2. The Labute approximate surface area is 176 Å². The topological polar surface area (TPSA) is 84.1 Å². The summed E-state index contributed by atoms with van der Waals surface area (Å²) >= 11 is 0. The summed E-state index contributed by atoms with van der Waals surface area (Å²) in [4.78, 5) is 22.5. The van der Waals surface area contributed by atoms with Crippen LogP contribution >= 0.6 is 0 Å². The monoisotopic (exact) mass is 427 g/mol. The minimum atomic E-state index is -4.59. The lowest BCUT2D eigenvalue weighted by Gasteiger charge is -2.34. The fourth-order valence-corrected chi connectivity index (χ4v) is 3.79. The standard InChI is InChI=1S/C22H20F3N5O/c1-13-7-8-17(28-20(31)14-5-3-2-4-6-14)19(18(13)22(23,24)25)30-10-9-16-15(12-30)11-27-21(26)29-16/h2-8,11H,9-10,12H2,1H3,(H,28,31)(H2,26,27,29). The molecule has 0 fully saturated rings. The molecule has 0 aliphatic carbocycles. The second-order valence-corrected chi connectivity index (χ2v) is 7.34. The minimum absolute atomic E-state index is 0.0562. The number of aryl methyl sites for hydroxylation is 1. The molecule has 0 atom stereocenters. The van der Waals surface area contributed by atoms with E-state index in [4.69, 9.17) is 5.73 Å². The molecule has 0 saturated heterocycles. The lowest BCUT2D eigenvalue weighted by molar-refractivity contribution is -0.137. The number of halogens is 3. The number of hydrogen-bond acceptors (Lipinski definition) is 5. The molecule has 1 aromatic heterocycles. The summed E-state index contributed by atoms with van der Waals surface area (Å²) in [6.07, 6.45) is -2.64. The number of nitrogen functional groups attached to an aromatic ring is 1. The van der Waals surface area contributed by atoms with Gasteiger partial charge in [0.2, 0.25) is 5.95 Å². The molecular weight excluding hydrogens is 407 g/mol. The Hall–Kier alpha value is -3.62. The van der Waals surface area contributed by atoms with Crippen molar-refractivity contribution in [3.8, 4) is 0 Å². The van der Waals surface area contributed by atoms with Crippen LogP contribution in [0.1, 0.15) is 32.7 Å². The molecule has 2 heterocycles. The zero-order valence-electron chi connectivity index (χ0n) is 16.7. The number of nitrogens with two attached hydrogens (primary N) is 1. The Morgan fingerprint density at radius 2 is 1.90 bits per heavy atom. The van der Waals surface area contributed by atoms with Gasteiger partial charge in [-0.05, 0) is 30.7 Å². The van der Waals surface area contributed by atoms with Crippen LogP contribution in [-0.2, 0) is 19.1 Å². The van der Waals surface area contributed by atoms with Gasteiger partial charge in [0.25, 0.3) is 5.91 Å². The number of nitrogens with one attached hydrogen (secondary N) is 1. The van der Waals surface area contributed by atoms with Crippen molar-refractivity contribution >= 4 is 23.2 Å². The molecule has 9 heteroatoms. The van der Waals surface area contributed by atoms with E-state index < -0.39 is 17.6 Å². The van der Waals surface area contributed by atoms with Gasteiger partial charge in [0.1, 0.15) is 0 Å². The zero-order valence-corrected chi connectivity index (χ0v) is 16.7. The molecule has 2 aromatic carbocycles. The number of nitrogens with zero attached hydrogens (tertiary/aromatic N) is 3. The van der Waals surface area contributed by atoms with Gasteiger partial charge >= 0.3 is 6.18 Å².